The van der Waals surface area contributed by atoms with Crippen molar-refractivity contribution in [2.24, 2.45) is 5.92 Å². The number of hydrogen-bond donors (Lipinski definition) is 2. The van der Waals surface area contributed by atoms with Crippen LogP contribution in [0.2, 0.25) is 0 Å². The normalized spacial score (nSPS) is 14.9. The van der Waals surface area contributed by atoms with E-state index >= 15 is 0 Å². The highest BCUT2D eigenvalue weighted by Gasteiger charge is 2.20. The van der Waals surface area contributed by atoms with Crippen LogP contribution in [0.3, 0.4) is 0 Å². The van der Waals surface area contributed by atoms with Crippen LogP contribution in [-0.4, -0.2) is 12.5 Å². The second kappa shape index (κ2) is 8.65. The van der Waals surface area contributed by atoms with Gasteiger partial charge in [0.2, 0.25) is 5.91 Å². The molecule has 1 saturated carbocycles. The van der Waals surface area contributed by atoms with Crippen LogP contribution in [-0.2, 0) is 11.2 Å². The maximum absolute atomic E-state index is 13.6. The highest BCUT2D eigenvalue weighted by molar-refractivity contribution is 5.92. The molecule has 0 heterocycles. The Hall–Kier alpha value is -2.36. The number of benzene rings is 2. The molecule has 2 aromatic rings. The Morgan fingerprint density at radius 2 is 1.64 bits per heavy atom. The lowest BCUT2D eigenvalue weighted by molar-refractivity contribution is -0.120. The van der Waals surface area contributed by atoms with E-state index in [4.69, 9.17) is 0 Å². The van der Waals surface area contributed by atoms with Gasteiger partial charge in [-0.1, -0.05) is 37.5 Å². The van der Waals surface area contributed by atoms with E-state index in [1.165, 1.54) is 12.5 Å². The number of rotatable bonds is 6. The first kappa shape index (κ1) is 17.5. The van der Waals surface area contributed by atoms with Crippen LogP contribution in [0, 0.1) is 11.7 Å². The highest BCUT2D eigenvalue weighted by atomic mass is 19.1. The first-order valence-electron chi connectivity index (χ1n) is 9.10. The molecule has 132 valence electrons. The monoisotopic (exact) mass is 340 g/mol. The molecule has 0 saturated heterocycles. The zero-order valence-electron chi connectivity index (χ0n) is 14.4. The van der Waals surface area contributed by atoms with Crippen LogP contribution in [0.5, 0.6) is 0 Å². The summed E-state index contributed by atoms with van der Waals surface area (Å²) < 4.78 is 13.6. The van der Waals surface area contributed by atoms with Gasteiger partial charge in [-0.2, -0.15) is 0 Å². The Bertz CT molecular complexity index is 693. The average molecular weight is 340 g/mol. The third-order valence-corrected chi connectivity index (χ3v) is 4.81. The first-order valence-corrected chi connectivity index (χ1v) is 9.10. The molecule has 3 nitrogen and oxygen atoms in total. The van der Waals surface area contributed by atoms with E-state index in [1.54, 1.807) is 12.1 Å². The van der Waals surface area contributed by atoms with Gasteiger partial charge in [-0.3, -0.25) is 4.79 Å². The van der Waals surface area contributed by atoms with Crippen molar-refractivity contribution in [3.05, 3.63) is 59.9 Å². The molecular formula is C21H25FN2O. The summed E-state index contributed by atoms with van der Waals surface area (Å²) >= 11 is 0. The SMILES string of the molecule is O=C(Nc1ccc(NCCc2ccccc2F)cc1)C1CCCCC1. The molecular weight excluding hydrogens is 315 g/mol. The molecule has 0 spiro atoms. The van der Waals surface area contributed by atoms with E-state index in [0.29, 0.717) is 18.5 Å². The van der Waals surface area contributed by atoms with Gasteiger partial charge in [0.1, 0.15) is 5.82 Å². The Balaban J connectivity index is 1.47. The van der Waals surface area contributed by atoms with Gasteiger partial charge in [0, 0.05) is 23.8 Å². The fourth-order valence-corrected chi connectivity index (χ4v) is 3.32. The van der Waals surface area contributed by atoms with Crippen molar-refractivity contribution in [3.63, 3.8) is 0 Å². The zero-order valence-corrected chi connectivity index (χ0v) is 14.4. The van der Waals surface area contributed by atoms with Crippen molar-refractivity contribution in [1.29, 1.82) is 0 Å². The van der Waals surface area contributed by atoms with Gasteiger partial charge in [0.25, 0.3) is 0 Å². The van der Waals surface area contributed by atoms with Gasteiger partial charge >= 0.3 is 0 Å². The van der Waals surface area contributed by atoms with Gasteiger partial charge in [-0.05, 0) is 55.2 Å². The lowest BCUT2D eigenvalue weighted by Crippen LogP contribution is -2.24. The first-order chi connectivity index (χ1) is 12.2. The second-order valence-corrected chi connectivity index (χ2v) is 6.67. The quantitative estimate of drug-likeness (QED) is 0.777. The largest absolute Gasteiger partial charge is 0.385 e. The third kappa shape index (κ3) is 5.05. The molecule has 0 atom stereocenters. The van der Waals surface area contributed by atoms with Gasteiger partial charge in [0.15, 0.2) is 0 Å². The van der Waals surface area contributed by atoms with E-state index in [0.717, 1.165) is 37.1 Å². The molecule has 1 amide bonds. The minimum atomic E-state index is -0.162. The number of nitrogens with one attached hydrogen (secondary N) is 2. The van der Waals surface area contributed by atoms with Crippen LogP contribution in [0.25, 0.3) is 0 Å². The fourth-order valence-electron chi connectivity index (χ4n) is 3.32. The lowest BCUT2D eigenvalue weighted by Gasteiger charge is -2.20. The minimum Gasteiger partial charge on any atom is -0.385 e. The van der Waals surface area contributed by atoms with Gasteiger partial charge in [0.05, 0.1) is 0 Å². The second-order valence-electron chi connectivity index (χ2n) is 6.67. The van der Waals surface area contributed by atoms with Crippen LogP contribution in [0.1, 0.15) is 37.7 Å². The number of halogens is 1. The fraction of sp³-hybridized carbons (Fsp3) is 0.381. The van der Waals surface area contributed by atoms with E-state index < -0.39 is 0 Å². The Morgan fingerprint density at radius 3 is 2.36 bits per heavy atom. The molecule has 2 aromatic carbocycles. The number of amides is 1. The smallest absolute Gasteiger partial charge is 0.227 e. The zero-order chi connectivity index (χ0) is 17.5. The maximum atomic E-state index is 13.6. The van der Waals surface area contributed by atoms with E-state index in [9.17, 15) is 9.18 Å². The van der Waals surface area contributed by atoms with Crippen molar-refractivity contribution in [2.45, 2.75) is 38.5 Å². The van der Waals surface area contributed by atoms with Crippen LogP contribution >= 0.6 is 0 Å². The summed E-state index contributed by atoms with van der Waals surface area (Å²) in [4.78, 5) is 12.3. The van der Waals surface area contributed by atoms with Crippen LogP contribution in [0.4, 0.5) is 15.8 Å². The van der Waals surface area contributed by atoms with E-state index in [1.807, 2.05) is 30.3 Å². The molecule has 1 aliphatic carbocycles. The predicted molar refractivity (Wildman–Crippen MR) is 100 cm³/mol. The number of anilines is 2. The summed E-state index contributed by atoms with van der Waals surface area (Å²) in [6.45, 7) is 0.661. The molecule has 4 heteroatoms. The number of carbonyl (C=O) groups is 1. The summed E-state index contributed by atoms with van der Waals surface area (Å²) in [5.41, 5.74) is 2.51. The Kier molecular flexibility index (Phi) is 6.04. The lowest BCUT2D eigenvalue weighted by atomic mass is 9.88. The topological polar surface area (TPSA) is 41.1 Å². The van der Waals surface area contributed by atoms with Crippen molar-refractivity contribution in [3.8, 4) is 0 Å². The molecule has 0 bridgehead atoms. The summed E-state index contributed by atoms with van der Waals surface area (Å²) in [6, 6.07) is 14.5. The standard InChI is InChI=1S/C21H25FN2O/c22-20-9-5-4-6-16(20)14-15-23-18-10-12-19(13-11-18)24-21(25)17-7-2-1-3-8-17/h4-6,9-13,17,23H,1-3,7-8,14-15H2,(H,24,25). The van der Waals surface area contributed by atoms with E-state index in [2.05, 4.69) is 10.6 Å². The molecule has 0 unspecified atom stereocenters. The molecule has 0 aliphatic heterocycles. The molecule has 0 radical (unpaired) electrons. The predicted octanol–water partition coefficient (Wildman–Crippen LogP) is 5.00. The van der Waals surface area contributed by atoms with Crippen molar-refractivity contribution >= 4 is 17.3 Å². The number of hydrogen-bond acceptors (Lipinski definition) is 2. The van der Waals surface area contributed by atoms with Gasteiger partial charge < -0.3 is 10.6 Å². The molecule has 3 rings (SSSR count). The highest BCUT2D eigenvalue weighted by Crippen LogP contribution is 2.25. The minimum absolute atomic E-state index is 0.139. The van der Waals surface area contributed by atoms with Gasteiger partial charge in [-0.25, -0.2) is 4.39 Å². The molecule has 1 aliphatic rings. The summed E-state index contributed by atoms with van der Waals surface area (Å²) in [5, 5.41) is 6.30. The molecule has 0 aromatic heterocycles. The van der Waals surface area contributed by atoms with Crippen molar-refractivity contribution < 1.29 is 9.18 Å². The summed E-state index contributed by atoms with van der Waals surface area (Å²) in [7, 11) is 0. The van der Waals surface area contributed by atoms with E-state index in [-0.39, 0.29) is 17.6 Å². The van der Waals surface area contributed by atoms with Gasteiger partial charge in [-0.15, -0.1) is 0 Å². The summed E-state index contributed by atoms with van der Waals surface area (Å²) in [5.74, 6) is 0.136. The van der Waals surface area contributed by atoms with Crippen molar-refractivity contribution in [1.82, 2.24) is 0 Å². The molecule has 2 N–H and O–H groups in total. The maximum Gasteiger partial charge on any atom is 0.227 e. The van der Waals surface area contributed by atoms with Crippen LogP contribution < -0.4 is 10.6 Å². The Labute approximate surface area is 148 Å². The van der Waals surface area contributed by atoms with Crippen LogP contribution in [0.15, 0.2) is 48.5 Å². The average Bonchev–Trinajstić information content (AvgIpc) is 2.65. The van der Waals surface area contributed by atoms with Crippen molar-refractivity contribution in [2.75, 3.05) is 17.2 Å². The molecule has 25 heavy (non-hydrogen) atoms. The summed E-state index contributed by atoms with van der Waals surface area (Å²) in [6.07, 6.45) is 6.19. The molecule has 1 fully saturated rings. The number of carbonyl (C=O) groups excluding carboxylic acids is 1. The third-order valence-electron chi connectivity index (χ3n) is 4.81. The Morgan fingerprint density at radius 1 is 0.960 bits per heavy atom.